The van der Waals surface area contributed by atoms with Crippen LogP contribution in [0.3, 0.4) is 0 Å². The summed E-state index contributed by atoms with van der Waals surface area (Å²) in [6.45, 7) is 0.0423. The zero-order valence-electron chi connectivity index (χ0n) is 17.9. The lowest BCUT2D eigenvalue weighted by Crippen LogP contribution is -2.45. The molecule has 5 rings (SSSR count). The van der Waals surface area contributed by atoms with Gasteiger partial charge in [-0.3, -0.25) is 4.79 Å². The molecule has 1 amide bonds. The minimum atomic E-state index is -4.30. The highest BCUT2D eigenvalue weighted by Crippen LogP contribution is 2.49. The number of alkyl halides is 3. The second-order valence-corrected chi connectivity index (χ2v) is 8.75. The average Bonchev–Trinajstić information content (AvgIpc) is 3.39. The molecular formula is C25H23F4N3O. The van der Waals surface area contributed by atoms with Crippen LogP contribution in [0.2, 0.25) is 0 Å². The van der Waals surface area contributed by atoms with E-state index in [2.05, 4.69) is 4.98 Å². The molecule has 1 saturated heterocycles. The zero-order valence-corrected chi connectivity index (χ0v) is 17.9. The van der Waals surface area contributed by atoms with Crippen LogP contribution >= 0.6 is 0 Å². The van der Waals surface area contributed by atoms with Gasteiger partial charge in [0.2, 0.25) is 5.91 Å². The molecule has 0 radical (unpaired) electrons. The molecule has 0 spiro atoms. The van der Waals surface area contributed by atoms with Gasteiger partial charge in [-0.1, -0.05) is 36.4 Å². The van der Waals surface area contributed by atoms with Crippen LogP contribution in [0.15, 0.2) is 60.9 Å². The van der Waals surface area contributed by atoms with Crippen molar-refractivity contribution in [3.05, 3.63) is 77.9 Å². The molecule has 2 aliphatic heterocycles. The molecule has 1 fully saturated rings. The molecule has 0 N–H and O–H groups in total. The topological polar surface area (TPSA) is 38.1 Å². The molecule has 172 valence electrons. The smallest absolute Gasteiger partial charge is 0.342 e. The highest BCUT2D eigenvalue weighted by atomic mass is 19.4. The van der Waals surface area contributed by atoms with Gasteiger partial charge in [-0.25, -0.2) is 9.37 Å². The number of piperidine rings is 1. The van der Waals surface area contributed by atoms with Gasteiger partial charge >= 0.3 is 6.18 Å². The van der Waals surface area contributed by atoms with Gasteiger partial charge in [0.05, 0.1) is 11.5 Å². The molecule has 33 heavy (non-hydrogen) atoms. The zero-order chi connectivity index (χ0) is 23.2. The van der Waals surface area contributed by atoms with Crippen LogP contribution in [0.25, 0.3) is 11.4 Å². The summed E-state index contributed by atoms with van der Waals surface area (Å²) in [6, 6.07) is 13.9. The number of likely N-dealkylation sites (tertiary alicyclic amines) is 1. The van der Waals surface area contributed by atoms with Gasteiger partial charge in [0, 0.05) is 37.5 Å². The maximum absolute atomic E-state index is 13.7. The number of halogens is 4. The maximum atomic E-state index is 13.7. The van der Waals surface area contributed by atoms with Crippen molar-refractivity contribution in [1.82, 2.24) is 14.5 Å². The number of rotatable bonds is 4. The molecule has 0 aliphatic carbocycles. The average molecular weight is 457 g/mol. The van der Waals surface area contributed by atoms with Crippen LogP contribution in [0, 0.1) is 11.7 Å². The van der Waals surface area contributed by atoms with E-state index in [-0.39, 0.29) is 31.1 Å². The lowest BCUT2D eigenvalue weighted by Gasteiger charge is -2.36. The Bertz CT molecular complexity index is 1170. The van der Waals surface area contributed by atoms with E-state index in [1.165, 1.54) is 17.0 Å². The number of fused-ring (bicyclic) bond motifs is 3. The van der Waals surface area contributed by atoms with E-state index in [9.17, 15) is 22.4 Å². The van der Waals surface area contributed by atoms with Crippen molar-refractivity contribution >= 4 is 5.91 Å². The number of aromatic nitrogens is 2. The summed E-state index contributed by atoms with van der Waals surface area (Å²) in [5.41, 5.74) is 1.87. The van der Waals surface area contributed by atoms with Gasteiger partial charge in [-0.05, 0) is 42.5 Å². The lowest BCUT2D eigenvalue weighted by atomic mass is 9.79. The number of imidazole rings is 1. The predicted octanol–water partition coefficient (Wildman–Crippen LogP) is 5.38. The van der Waals surface area contributed by atoms with Gasteiger partial charge in [-0.15, -0.1) is 0 Å². The van der Waals surface area contributed by atoms with Gasteiger partial charge in [0.15, 0.2) is 0 Å². The molecule has 2 unspecified atom stereocenters. The number of benzene rings is 2. The van der Waals surface area contributed by atoms with Crippen LogP contribution in [0.1, 0.15) is 36.8 Å². The first-order valence-electron chi connectivity index (χ1n) is 11.0. The molecule has 3 heterocycles. The van der Waals surface area contributed by atoms with Crippen molar-refractivity contribution < 1.29 is 22.4 Å². The highest BCUT2D eigenvalue weighted by molar-refractivity contribution is 5.77. The summed E-state index contributed by atoms with van der Waals surface area (Å²) < 4.78 is 55.5. The highest BCUT2D eigenvalue weighted by Gasteiger charge is 2.46. The number of carbonyl (C=O) groups excluding carboxylic acids is 1. The summed E-state index contributed by atoms with van der Waals surface area (Å²) >= 11 is 0. The van der Waals surface area contributed by atoms with Crippen LogP contribution in [0.4, 0.5) is 17.6 Å². The van der Waals surface area contributed by atoms with E-state index >= 15 is 0 Å². The number of hydrogen-bond acceptors (Lipinski definition) is 2. The van der Waals surface area contributed by atoms with E-state index in [1.807, 2.05) is 35.0 Å². The Hall–Kier alpha value is -3.16. The molecule has 2 atom stereocenters. The first-order valence-corrected chi connectivity index (χ1v) is 11.0. The largest absolute Gasteiger partial charge is 0.393 e. The summed E-state index contributed by atoms with van der Waals surface area (Å²) in [4.78, 5) is 18.9. The van der Waals surface area contributed by atoms with Crippen molar-refractivity contribution in [2.45, 2.75) is 37.4 Å². The Morgan fingerprint density at radius 3 is 2.64 bits per heavy atom. The molecule has 3 aromatic rings. The molecule has 2 aliphatic rings. The molecule has 1 aromatic heterocycles. The standard InChI is InChI=1S/C25H23F4N3O/c26-19-9-7-17(8-10-19)24(21-6-2-1-5-20(21)23-30-13-15-32(23)24)12-11-22(33)31-14-3-4-18(16-31)25(27,28)29/h1-2,5-10,13,15,18H,3-4,11-12,14,16H2. The first kappa shape index (κ1) is 21.7. The van der Waals surface area contributed by atoms with Gasteiger partial charge in [0.1, 0.15) is 11.6 Å². The SMILES string of the molecule is O=C(CCC1(c2ccc(F)cc2)c2ccccc2-c2nccn21)N1CCCC(C(F)(F)F)C1. The van der Waals surface area contributed by atoms with Crippen molar-refractivity contribution in [1.29, 1.82) is 0 Å². The second kappa shape index (κ2) is 8.01. The Morgan fingerprint density at radius 1 is 1.12 bits per heavy atom. The van der Waals surface area contributed by atoms with E-state index in [0.717, 1.165) is 22.5 Å². The number of carbonyl (C=O) groups is 1. The van der Waals surface area contributed by atoms with Crippen molar-refractivity contribution in [3.8, 4) is 11.4 Å². The molecule has 0 saturated carbocycles. The van der Waals surface area contributed by atoms with Crippen LogP contribution in [0.5, 0.6) is 0 Å². The van der Waals surface area contributed by atoms with Crippen LogP contribution < -0.4 is 0 Å². The third-order valence-corrected chi connectivity index (χ3v) is 6.92. The van der Waals surface area contributed by atoms with Gasteiger partial charge in [-0.2, -0.15) is 13.2 Å². The van der Waals surface area contributed by atoms with Crippen molar-refractivity contribution in [3.63, 3.8) is 0 Å². The quantitative estimate of drug-likeness (QED) is 0.494. The summed E-state index contributed by atoms with van der Waals surface area (Å²) in [7, 11) is 0. The molecule has 0 bridgehead atoms. The van der Waals surface area contributed by atoms with E-state index < -0.39 is 17.6 Å². The predicted molar refractivity (Wildman–Crippen MR) is 115 cm³/mol. The molecular weight excluding hydrogens is 434 g/mol. The summed E-state index contributed by atoms with van der Waals surface area (Å²) in [6.07, 6.45) is 0.00306. The summed E-state index contributed by atoms with van der Waals surface area (Å²) in [5.74, 6) is -1.39. The third-order valence-electron chi connectivity index (χ3n) is 6.92. The first-order chi connectivity index (χ1) is 15.8. The Balaban J connectivity index is 1.49. The third kappa shape index (κ3) is 3.61. The van der Waals surface area contributed by atoms with Crippen LogP contribution in [-0.2, 0) is 10.3 Å². The van der Waals surface area contributed by atoms with Gasteiger partial charge < -0.3 is 9.47 Å². The van der Waals surface area contributed by atoms with E-state index in [4.69, 9.17) is 0 Å². The minimum absolute atomic E-state index is 0.0541. The molecule has 4 nitrogen and oxygen atoms in total. The monoisotopic (exact) mass is 457 g/mol. The molecule has 8 heteroatoms. The Labute approximate surface area is 188 Å². The minimum Gasteiger partial charge on any atom is -0.342 e. The van der Waals surface area contributed by atoms with E-state index in [1.54, 1.807) is 18.3 Å². The van der Waals surface area contributed by atoms with Crippen LogP contribution in [-0.4, -0.2) is 39.6 Å². The van der Waals surface area contributed by atoms with Crippen molar-refractivity contribution in [2.75, 3.05) is 13.1 Å². The number of nitrogens with zero attached hydrogens (tertiary/aromatic N) is 3. The second-order valence-electron chi connectivity index (χ2n) is 8.75. The summed E-state index contributed by atoms with van der Waals surface area (Å²) in [5, 5.41) is 0. The Morgan fingerprint density at radius 2 is 1.88 bits per heavy atom. The fourth-order valence-corrected chi connectivity index (χ4v) is 5.32. The lowest BCUT2D eigenvalue weighted by molar-refractivity contribution is -0.188. The fourth-order valence-electron chi connectivity index (χ4n) is 5.32. The normalized spacial score (nSPS) is 22.2. The van der Waals surface area contributed by atoms with Crippen molar-refractivity contribution in [2.24, 2.45) is 5.92 Å². The number of amides is 1. The number of hydrogen-bond donors (Lipinski definition) is 0. The molecule has 2 aromatic carbocycles. The Kier molecular flexibility index (Phi) is 5.26. The maximum Gasteiger partial charge on any atom is 0.393 e. The fraction of sp³-hybridized carbons (Fsp3) is 0.360. The van der Waals surface area contributed by atoms with E-state index in [0.29, 0.717) is 19.4 Å². The van der Waals surface area contributed by atoms with Gasteiger partial charge in [0.25, 0.3) is 0 Å².